The third-order valence-electron chi connectivity index (χ3n) is 3.80. The minimum Gasteiger partial charge on any atom is -0.388 e. The van der Waals surface area contributed by atoms with Crippen LogP contribution in [0.4, 0.5) is 11.4 Å². The predicted octanol–water partition coefficient (Wildman–Crippen LogP) is 4.02. The topological polar surface area (TPSA) is 76.6 Å². The Labute approximate surface area is 135 Å². The average molecular weight is 305 g/mol. The third-order valence-corrected chi connectivity index (χ3v) is 3.80. The zero-order chi connectivity index (χ0) is 16.2. The van der Waals surface area contributed by atoms with E-state index in [2.05, 4.69) is 26.7 Å². The van der Waals surface area contributed by atoms with Crippen LogP contribution in [0.5, 0.6) is 0 Å². The fourth-order valence-electron chi connectivity index (χ4n) is 2.39. The van der Waals surface area contributed by atoms with Crippen LogP contribution in [0.15, 0.2) is 48.9 Å². The highest BCUT2D eigenvalue weighted by atomic mass is 14.9. The van der Waals surface area contributed by atoms with Crippen molar-refractivity contribution in [2.45, 2.75) is 6.92 Å². The van der Waals surface area contributed by atoms with Crippen LogP contribution in [0, 0.1) is 12.3 Å². The number of pyridine rings is 1. The van der Waals surface area contributed by atoms with Crippen molar-refractivity contribution in [3.8, 4) is 0 Å². The number of anilines is 2. The molecule has 23 heavy (non-hydrogen) atoms. The number of aromatic nitrogens is 2. The summed E-state index contributed by atoms with van der Waals surface area (Å²) < 4.78 is 0. The molecule has 2 aromatic heterocycles. The number of hydrogen-bond donors (Lipinski definition) is 4. The third kappa shape index (κ3) is 3.08. The molecule has 0 fully saturated rings. The van der Waals surface area contributed by atoms with Gasteiger partial charge in [0.15, 0.2) is 0 Å². The van der Waals surface area contributed by atoms with Crippen LogP contribution in [-0.2, 0) is 0 Å². The Kier molecular flexibility index (Phi) is 4.10. The van der Waals surface area contributed by atoms with E-state index in [4.69, 9.17) is 5.41 Å². The summed E-state index contributed by atoms with van der Waals surface area (Å²) in [5.74, 6) is 0. The van der Waals surface area contributed by atoms with E-state index in [0.29, 0.717) is 0 Å². The van der Waals surface area contributed by atoms with E-state index in [1.807, 2.05) is 50.6 Å². The van der Waals surface area contributed by atoms with Crippen molar-refractivity contribution in [1.82, 2.24) is 9.97 Å². The molecule has 3 aromatic rings. The van der Waals surface area contributed by atoms with Gasteiger partial charge in [0.1, 0.15) is 5.65 Å². The van der Waals surface area contributed by atoms with Crippen LogP contribution in [-0.4, -0.2) is 23.2 Å². The Bertz CT molecular complexity index is 876. The Morgan fingerprint density at radius 1 is 1.26 bits per heavy atom. The number of H-pyrrole nitrogens is 1. The number of hydrogen-bond acceptors (Lipinski definition) is 4. The molecule has 2 heterocycles. The monoisotopic (exact) mass is 305 g/mol. The molecule has 0 amide bonds. The lowest BCUT2D eigenvalue weighted by molar-refractivity contribution is 1.31. The minimum absolute atomic E-state index is 0.773. The zero-order valence-electron chi connectivity index (χ0n) is 13.1. The van der Waals surface area contributed by atoms with Gasteiger partial charge in [0.25, 0.3) is 0 Å². The van der Waals surface area contributed by atoms with Crippen molar-refractivity contribution in [3.05, 3.63) is 60.1 Å². The maximum atomic E-state index is 7.69. The molecule has 0 atom stereocenters. The van der Waals surface area contributed by atoms with Crippen molar-refractivity contribution in [1.29, 1.82) is 5.41 Å². The number of allylic oxidation sites excluding steroid dienone is 1. The van der Waals surface area contributed by atoms with Gasteiger partial charge in [0, 0.05) is 59.8 Å². The van der Waals surface area contributed by atoms with E-state index in [0.717, 1.165) is 39.1 Å². The van der Waals surface area contributed by atoms with Gasteiger partial charge in [0.05, 0.1) is 0 Å². The second kappa shape index (κ2) is 6.36. The molecule has 0 aliphatic rings. The van der Waals surface area contributed by atoms with Gasteiger partial charge < -0.3 is 21.0 Å². The van der Waals surface area contributed by atoms with E-state index in [1.165, 1.54) is 6.21 Å². The Balaban J connectivity index is 1.91. The average Bonchev–Trinajstić information content (AvgIpc) is 3.04. The van der Waals surface area contributed by atoms with Crippen molar-refractivity contribution in [2.24, 2.45) is 0 Å². The summed E-state index contributed by atoms with van der Waals surface area (Å²) in [6, 6.07) is 10.1. The van der Waals surface area contributed by atoms with E-state index < -0.39 is 0 Å². The number of benzene rings is 1. The first-order chi connectivity index (χ1) is 11.2. The van der Waals surface area contributed by atoms with E-state index in [-0.39, 0.29) is 0 Å². The van der Waals surface area contributed by atoms with Crippen LogP contribution in [0.3, 0.4) is 0 Å². The first kappa shape index (κ1) is 14.8. The maximum Gasteiger partial charge on any atom is 0.137 e. The Morgan fingerprint density at radius 2 is 2.13 bits per heavy atom. The molecular weight excluding hydrogens is 286 g/mol. The highest BCUT2D eigenvalue weighted by Crippen LogP contribution is 2.22. The second-order valence-corrected chi connectivity index (χ2v) is 5.31. The largest absolute Gasteiger partial charge is 0.388 e. The van der Waals surface area contributed by atoms with Crippen molar-refractivity contribution in [3.63, 3.8) is 0 Å². The molecule has 5 nitrogen and oxygen atoms in total. The number of nitrogens with zero attached hydrogens (tertiary/aromatic N) is 1. The van der Waals surface area contributed by atoms with Gasteiger partial charge in [-0.15, -0.1) is 0 Å². The normalized spacial score (nSPS) is 11.5. The van der Waals surface area contributed by atoms with E-state index in [1.54, 1.807) is 6.20 Å². The molecule has 0 radical (unpaired) electrons. The van der Waals surface area contributed by atoms with Gasteiger partial charge in [-0.2, -0.15) is 0 Å². The Morgan fingerprint density at radius 3 is 2.91 bits per heavy atom. The lowest BCUT2D eigenvalue weighted by atomic mass is 10.1. The maximum absolute atomic E-state index is 7.69. The van der Waals surface area contributed by atoms with Crippen molar-refractivity contribution < 1.29 is 0 Å². The summed E-state index contributed by atoms with van der Waals surface area (Å²) in [7, 11) is 1.89. The number of aryl methyl sites for hydroxylation is 1. The molecule has 0 saturated heterocycles. The van der Waals surface area contributed by atoms with Crippen LogP contribution in [0.2, 0.25) is 0 Å². The summed E-state index contributed by atoms with van der Waals surface area (Å²) in [6.45, 7) is 2.05. The van der Waals surface area contributed by atoms with Gasteiger partial charge in [-0.3, -0.25) is 0 Å². The van der Waals surface area contributed by atoms with Crippen LogP contribution < -0.4 is 10.6 Å². The summed E-state index contributed by atoms with van der Waals surface area (Å²) in [6.07, 6.45) is 6.80. The van der Waals surface area contributed by atoms with Gasteiger partial charge in [-0.1, -0.05) is 6.07 Å². The smallest absolute Gasteiger partial charge is 0.137 e. The molecule has 3 rings (SSSR count). The standard InChI is InChI=1S/C18H19N5/c1-12-3-4-16(20-2)8-17(12)22-11-15(9-19)14-7-13-5-6-21-18(13)23-10-14/h3-11,19-20,22H,1-2H3,(H,21,23)/b15-11+,19-9?. The molecular formula is C18H19N5. The fourth-order valence-corrected chi connectivity index (χ4v) is 2.39. The zero-order valence-corrected chi connectivity index (χ0v) is 13.1. The highest BCUT2D eigenvalue weighted by molar-refractivity contribution is 6.09. The number of fused-ring (bicyclic) bond motifs is 1. The summed E-state index contributed by atoms with van der Waals surface area (Å²) in [4.78, 5) is 7.44. The van der Waals surface area contributed by atoms with Gasteiger partial charge >= 0.3 is 0 Å². The molecule has 0 unspecified atom stereocenters. The first-order valence-electron chi connectivity index (χ1n) is 7.40. The van der Waals surface area contributed by atoms with E-state index in [9.17, 15) is 0 Å². The Hall–Kier alpha value is -3.08. The molecule has 116 valence electrons. The molecule has 0 aliphatic heterocycles. The lowest BCUT2D eigenvalue weighted by Gasteiger charge is -2.10. The molecule has 0 saturated carbocycles. The van der Waals surface area contributed by atoms with Gasteiger partial charge in [0.2, 0.25) is 0 Å². The molecule has 1 aromatic carbocycles. The van der Waals surface area contributed by atoms with Crippen molar-refractivity contribution >= 4 is 34.2 Å². The van der Waals surface area contributed by atoms with E-state index >= 15 is 0 Å². The second-order valence-electron chi connectivity index (χ2n) is 5.31. The number of nitrogens with one attached hydrogen (secondary N) is 4. The molecule has 0 bridgehead atoms. The van der Waals surface area contributed by atoms with Crippen LogP contribution >= 0.6 is 0 Å². The molecule has 5 heteroatoms. The number of aromatic amines is 1. The summed E-state index contributed by atoms with van der Waals surface area (Å²) in [5, 5.41) is 15.1. The SMILES string of the molecule is CNc1ccc(C)c(N/C=C(\C=N)c2cnc3[nH]ccc3c2)c1. The highest BCUT2D eigenvalue weighted by Gasteiger charge is 2.04. The predicted molar refractivity (Wildman–Crippen MR) is 97.2 cm³/mol. The molecule has 4 N–H and O–H groups in total. The lowest BCUT2D eigenvalue weighted by Crippen LogP contribution is -1.97. The minimum atomic E-state index is 0.773. The molecule has 0 aliphatic carbocycles. The molecule has 0 spiro atoms. The van der Waals surface area contributed by atoms with Crippen LogP contribution in [0.1, 0.15) is 11.1 Å². The summed E-state index contributed by atoms with van der Waals surface area (Å²) >= 11 is 0. The quantitative estimate of drug-likeness (QED) is 0.538. The van der Waals surface area contributed by atoms with Gasteiger partial charge in [-0.25, -0.2) is 4.98 Å². The van der Waals surface area contributed by atoms with Crippen molar-refractivity contribution in [2.75, 3.05) is 17.7 Å². The fraction of sp³-hybridized carbons (Fsp3) is 0.111. The first-order valence-corrected chi connectivity index (χ1v) is 7.40. The number of rotatable bonds is 5. The van der Waals surface area contributed by atoms with Gasteiger partial charge in [-0.05, 0) is 36.8 Å². The van der Waals surface area contributed by atoms with Crippen LogP contribution in [0.25, 0.3) is 16.6 Å². The summed E-state index contributed by atoms with van der Waals surface area (Å²) in [5.41, 5.74) is 5.72.